The lowest BCUT2D eigenvalue weighted by atomic mass is 9.53. The van der Waals surface area contributed by atoms with E-state index in [0.717, 1.165) is 39.7 Å². The zero-order valence-electron chi connectivity index (χ0n) is 22.8. The molecule has 4 aliphatic carbocycles. The summed E-state index contributed by atoms with van der Waals surface area (Å²) in [5.74, 6) is 2.10. The first-order chi connectivity index (χ1) is 18.9. The van der Waals surface area contributed by atoms with E-state index in [9.17, 15) is 19.2 Å². The van der Waals surface area contributed by atoms with Crippen LogP contribution >= 0.6 is 11.8 Å². The SMILES string of the molecule is O=C1CCC(N2C(=O)c3cccc(SCCCCCCCCNC45CC6CC(CC(C6)C4)C5)c3C2=O)C(=O)N1. The van der Waals surface area contributed by atoms with Gasteiger partial charge in [0.2, 0.25) is 11.8 Å². The Bertz CT molecular complexity index is 1120. The summed E-state index contributed by atoms with van der Waals surface area (Å²) in [6.07, 6.45) is 16.4. The van der Waals surface area contributed by atoms with Crippen molar-refractivity contribution in [2.45, 2.75) is 106 Å². The fraction of sp³-hybridized carbons (Fsp3) is 0.677. The van der Waals surface area contributed by atoms with Crippen molar-refractivity contribution >= 4 is 35.4 Å². The van der Waals surface area contributed by atoms with Crippen molar-refractivity contribution in [3.8, 4) is 0 Å². The van der Waals surface area contributed by atoms with Crippen LogP contribution in [0.3, 0.4) is 0 Å². The number of rotatable bonds is 12. The number of thioether (sulfide) groups is 1. The Hall–Kier alpha value is -2.19. The first-order valence-electron chi connectivity index (χ1n) is 15.1. The van der Waals surface area contributed by atoms with Crippen LogP contribution in [0.15, 0.2) is 23.1 Å². The summed E-state index contributed by atoms with van der Waals surface area (Å²) >= 11 is 1.62. The third kappa shape index (κ3) is 5.56. The lowest BCUT2D eigenvalue weighted by Crippen LogP contribution is -2.58. The Morgan fingerprint density at radius 2 is 1.54 bits per heavy atom. The maximum Gasteiger partial charge on any atom is 0.263 e. The summed E-state index contributed by atoms with van der Waals surface area (Å²) in [5, 5.41) is 6.27. The monoisotopic (exact) mass is 551 g/mol. The quantitative estimate of drug-likeness (QED) is 0.214. The first-order valence-corrected chi connectivity index (χ1v) is 16.1. The van der Waals surface area contributed by atoms with Gasteiger partial charge in [0.1, 0.15) is 6.04 Å². The van der Waals surface area contributed by atoms with Crippen LogP contribution in [-0.2, 0) is 9.59 Å². The van der Waals surface area contributed by atoms with Gasteiger partial charge in [0, 0.05) is 16.9 Å². The number of nitrogens with one attached hydrogen (secondary N) is 2. The highest BCUT2D eigenvalue weighted by atomic mass is 32.2. The van der Waals surface area contributed by atoms with Gasteiger partial charge in [-0.25, -0.2) is 0 Å². The number of unbranched alkanes of at least 4 members (excludes halogenated alkanes) is 5. The number of nitrogens with zero attached hydrogens (tertiary/aromatic N) is 1. The van der Waals surface area contributed by atoms with Crippen LogP contribution in [0.25, 0.3) is 0 Å². The lowest BCUT2D eigenvalue weighted by molar-refractivity contribution is -0.136. The zero-order valence-corrected chi connectivity index (χ0v) is 23.7. The average molecular weight is 552 g/mol. The van der Waals surface area contributed by atoms with Gasteiger partial charge in [0.15, 0.2) is 0 Å². The number of fused-ring (bicyclic) bond motifs is 1. The fourth-order valence-corrected chi connectivity index (χ4v) is 9.49. The molecule has 0 aromatic heterocycles. The molecule has 4 bridgehead atoms. The van der Waals surface area contributed by atoms with Gasteiger partial charge in [-0.1, -0.05) is 31.7 Å². The number of carbonyl (C=O) groups is 4. The van der Waals surface area contributed by atoms with Crippen LogP contribution in [-0.4, -0.2) is 52.4 Å². The zero-order chi connectivity index (χ0) is 27.0. The average Bonchev–Trinajstić information content (AvgIpc) is 3.15. The van der Waals surface area contributed by atoms with Crippen LogP contribution in [0.2, 0.25) is 0 Å². The first kappa shape index (κ1) is 27.0. The van der Waals surface area contributed by atoms with E-state index in [0.29, 0.717) is 16.7 Å². The predicted octanol–water partition coefficient (Wildman–Crippen LogP) is 5.08. The van der Waals surface area contributed by atoms with Crippen molar-refractivity contribution in [3.63, 3.8) is 0 Å². The van der Waals surface area contributed by atoms with Gasteiger partial charge in [-0.05, 0) is 100.0 Å². The number of benzene rings is 1. The second kappa shape index (κ2) is 11.4. The molecule has 1 unspecified atom stereocenters. The minimum Gasteiger partial charge on any atom is -0.311 e. The summed E-state index contributed by atoms with van der Waals surface area (Å²) in [5.41, 5.74) is 1.25. The van der Waals surface area contributed by atoms with Crippen LogP contribution in [0.1, 0.15) is 111 Å². The highest BCUT2D eigenvalue weighted by molar-refractivity contribution is 7.99. The molecule has 1 atom stereocenters. The topological polar surface area (TPSA) is 95.6 Å². The number of hydrogen-bond donors (Lipinski definition) is 2. The Morgan fingerprint density at radius 3 is 2.23 bits per heavy atom. The van der Waals surface area contributed by atoms with Crippen LogP contribution in [0, 0.1) is 17.8 Å². The molecule has 8 heteroatoms. The van der Waals surface area contributed by atoms with E-state index < -0.39 is 23.8 Å². The van der Waals surface area contributed by atoms with Gasteiger partial charge >= 0.3 is 0 Å². The largest absolute Gasteiger partial charge is 0.311 e. The smallest absolute Gasteiger partial charge is 0.263 e. The molecule has 4 amide bonds. The van der Waals surface area contributed by atoms with E-state index in [1.807, 2.05) is 6.07 Å². The van der Waals surface area contributed by atoms with Crippen molar-refractivity contribution < 1.29 is 19.2 Å². The molecular weight excluding hydrogens is 510 g/mol. The number of amides is 4. The van der Waals surface area contributed by atoms with Crippen molar-refractivity contribution in [1.29, 1.82) is 0 Å². The molecule has 39 heavy (non-hydrogen) atoms. The standard InChI is InChI=1S/C31H41N3O4S/c35-26-11-10-24(28(36)33-26)34-29(37)23-8-7-9-25(27(23)30(34)38)39-13-6-4-2-1-3-5-12-32-31-17-20-14-21(18-31)16-22(15-20)19-31/h7-9,20-22,24,32H,1-6,10-19H2,(H,33,35,36). The van der Waals surface area contributed by atoms with Gasteiger partial charge in [-0.15, -0.1) is 11.8 Å². The Labute approximate surface area is 235 Å². The molecule has 5 fully saturated rings. The summed E-state index contributed by atoms with van der Waals surface area (Å²) < 4.78 is 0. The van der Waals surface area contributed by atoms with Crippen LogP contribution < -0.4 is 10.6 Å². The van der Waals surface area contributed by atoms with E-state index in [1.165, 1.54) is 77.2 Å². The molecule has 1 aromatic carbocycles. The summed E-state index contributed by atoms with van der Waals surface area (Å²) in [7, 11) is 0. The summed E-state index contributed by atoms with van der Waals surface area (Å²) in [4.78, 5) is 51.9. The minimum atomic E-state index is -0.921. The number of imide groups is 2. The third-order valence-corrected chi connectivity index (χ3v) is 10.9. The molecule has 210 valence electrons. The fourth-order valence-electron chi connectivity index (χ4n) is 8.40. The Balaban J connectivity index is 0.894. The molecule has 2 N–H and O–H groups in total. The van der Waals surface area contributed by atoms with Crippen molar-refractivity contribution in [2.75, 3.05) is 12.3 Å². The minimum absolute atomic E-state index is 0.129. The van der Waals surface area contributed by atoms with Gasteiger partial charge in [-0.2, -0.15) is 0 Å². The van der Waals surface area contributed by atoms with E-state index in [-0.39, 0.29) is 18.7 Å². The highest BCUT2D eigenvalue weighted by Gasteiger charge is 2.50. The van der Waals surface area contributed by atoms with E-state index in [4.69, 9.17) is 0 Å². The second-order valence-corrected chi connectivity index (χ2v) is 13.9. The van der Waals surface area contributed by atoms with Crippen molar-refractivity contribution in [1.82, 2.24) is 15.5 Å². The van der Waals surface area contributed by atoms with E-state index >= 15 is 0 Å². The molecule has 7 nitrogen and oxygen atoms in total. The van der Waals surface area contributed by atoms with Crippen LogP contribution in [0.4, 0.5) is 0 Å². The number of carbonyl (C=O) groups excluding carboxylic acids is 4. The summed E-state index contributed by atoms with van der Waals surface area (Å²) in [6.45, 7) is 1.17. The maximum atomic E-state index is 13.2. The normalized spacial score (nSPS) is 31.2. The molecule has 6 aliphatic rings. The van der Waals surface area contributed by atoms with Gasteiger partial charge < -0.3 is 5.32 Å². The second-order valence-electron chi connectivity index (χ2n) is 12.7. The lowest BCUT2D eigenvalue weighted by Gasteiger charge is -2.57. The molecule has 1 aromatic rings. The van der Waals surface area contributed by atoms with Crippen LogP contribution in [0.5, 0.6) is 0 Å². The molecule has 0 radical (unpaired) electrons. The van der Waals surface area contributed by atoms with Gasteiger partial charge in [0.25, 0.3) is 11.8 Å². The molecule has 7 rings (SSSR count). The molecule has 0 spiro atoms. The molecule has 2 aliphatic heterocycles. The van der Waals surface area contributed by atoms with Crippen molar-refractivity contribution in [3.05, 3.63) is 29.3 Å². The Morgan fingerprint density at radius 1 is 0.872 bits per heavy atom. The number of hydrogen-bond acceptors (Lipinski definition) is 6. The molecule has 4 saturated carbocycles. The van der Waals surface area contributed by atoms with Gasteiger partial charge in [-0.3, -0.25) is 29.4 Å². The predicted molar refractivity (Wildman–Crippen MR) is 150 cm³/mol. The Kier molecular flexibility index (Phi) is 7.86. The molecular formula is C31H41N3O4S. The molecule has 1 saturated heterocycles. The molecule has 2 heterocycles. The van der Waals surface area contributed by atoms with E-state index in [1.54, 1.807) is 23.9 Å². The highest BCUT2D eigenvalue weighted by Crippen LogP contribution is 2.55. The summed E-state index contributed by atoms with van der Waals surface area (Å²) in [6, 6.07) is 4.43. The third-order valence-electron chi connectivity index (χ3n) is 9.80. The van der Waals surface area contributed by atoms with Gasteiger partial charge in [0.05, 0.1) is 11.1 Å². The van der Waals surface area contributed by atoms with E-state index in [2.05, 4.69) is 10.6 Å². The van der Waals surface area contributed by atoms with Crippen molar-refractivity contribution in [2.24, 2.45) is 17.8 Å². The number of piperidine rings is 1. The maximum absolute atomic E-state index is 13.2.